The fourth-order valence-electron chi connectivity index (χ4n) is 4.16. The van der Waals surface area contributed by atoms with Gasteiger partial charge in [0.1, 0.15) is 0 Å². The molecule has 1 aromatic carbocycles. The van der Waals surface area contributed by atoms with Crippen LogP contribution in [-0.2, 0) is 12.8 Å². The molecule has 2 aliphatic rings. The number of nitrogens with zero attached hydrogens (tertiary/aromatic N) is 3. The number of benzene rings is 1. The van der Waals surface area contributed by atoms with Crippen LogP contribution in [0.3, 0.4) is 0 Å². The van der Waals surface area contributed by atoms with Crippen LogP contribution in [-0.4, -0.2) is 46.8 Å². The summed E-state index contributed by atoms with van der Waals surface area (Å²) in [5.41, 5.74) is 3.90. The molecule has 1 amide bonds. The number of hydrogen-bond acceptors (Lipinski definition) is 3. The van der Waals surface area contributed by atoms with Crippen molar-refractivity contribution in [2.24, 2.45) is 0 Å². The van der Waals surface area contributed by atoms with E-state index in [0.29, 0.717) is 10.7 Å². The lowest BCUT2D eigenvalue weighted by Gasteiger charge is -2.29. The smallest absolute Gasteiger partial charge is 0.272 e. The van der Waals surface area contributed by atoms with Crippen molar-refractivity contribution in [2.45, 2.75) is 51.0 Å². The van der Waals surface area contributed by atoms with Gasteiger partial charge >= 0.3 is 0 Å². The van der Waals surface area contributed by atoms with Gasteiger partial charge in [0.15, 0.2) is 5.69 Å². The van der Waals surface area contributed by atoms with E-state index in [0.717, 1.165) is 62.9 Å². The fourth-order valence-corrected chi connectivity index (χ4v) is 4.29. The van der Waals surface area contributed by atoms with Crippen LogP contribution < -0.4 is 5.32 Å². The van der Waals surface area contributed by atoms with Crippen LogP contribution in [0.1, 0.15) is 53.8 Å². The molecule has 0 atom stereocenters. The molecular weight excluding hydrogens is 360 g/mol. The Labute approximate surface area is 165 Å². The van der Waals surface area contributed by atoms with Gasteiger partial charge in [-0.2, -0.15) is 5.10 Å². The number of amides is 1. The average molecular weight is 387 g/mol. The Hall–Kier alpha value is -1.85. The Morgan fingerprint density at radius 3 is 2.56 bits per heavy atom. The molecule has 144 valence electrons. The Balaban J connectivity index is 1.63. The summed E-state index contributed by atoms with van der Waals surface area (Å²) in [6.45, 7) is 2.06. The second kappa shape index (κ2) is 8.03. The lowest BCUT2D eigenvalue weighted by Crippen LogP contribution is -2.43. The predicted octanol–water partition coefficient (Wildman–Crippen LogP) is 3.62. The largest absolute Gasteiger partial charge is 0.348 e. The molecule has 0 saturated carbocycles. The number of carbonyl (C=O) groups is 1. The summed E-state index contributed by atoms with van der Waals surface area (Å²) in [4.78, 5) is 15.4. The molecule has 4 rings (SSSR count). The van der Waals surface area contributed by atoms with Crippen molar-refractivity contribution in [3.05, 3.63) is 46.2 Å². The Bertz CT molecular complexity index is 806. The highest BCUT2D eigenvalue weighted by Gasteiger charge is 2.27. The first-order valence-corrected chi connectivity index (χ1v) is 10.4. The first-order valence-electron chi connectivity index (χ1n) is 9.98. The van der Waals surface area contributed by atoms with Gasteiger partial charge in [-0.15, -0.1) is 0 Å². The third-order valence-electron chi connectivity index (χ3n) is 5.77. The van der Waals surface area contributed by atoms with E-state index in [2.05, 4.69) is 17.3 Å². The number of fused-ring (bicyclic) bond motifs is 1. The summed E-state index contributed by atoms with van der Waals surface area (Å²) in [6, 6.07) is 7.94. The quantitative estimate of drug-likeness (QED) is 0.819. The zero-order chi connectivity index (χ0) is 18.8. The van der Waals surface area contributed by atoms with E-state index in [1.165, 1.54) is 12.1 Å². The van der Waals surface area contributed by atoms with Gasteiger partial charge in [0.25, 0.3) is 5.91 Å². The van der Waals surface area contributed by atoms with Gasteiger partial charge in [-0.05, 0) is 82.9 Å². The molecular formula is C21H27ClN4O. The monoisotopic (exact) mass is 386 g/mol. The van der Waals surface area contributed by atoms with Crippen molar-refractivity contribution in [1.29, 1.82) is 0 Å². The molecule has 1 saturated heterocycles. The number of piperidine rings is 1. The second-order valence-electron chi connectivity index (χ2n) is 7.77. The van der Waals surface area contributed by atoms with E-state index in [9.17, 15) is 4.79 Å². The lowest BCUT2D eigenvalue weighted by molar-refractivity contribution is 0.0910. The standard InChI is InChI=1S/C21H27ClN4O/c1-25-13-11-16(12-14-25)23-21(27)20-18-5-3-2-4-6-19(18)26(24-20)17-9-7-15(22)8-10-17/h7-10,16H,2-6,11-14H2,1H3,(H,23,27). The Morgan fingerprint density at radius 2 is 1.81 bits per heavy atom. The zero-order valence-corrected chi connectivity index (χ0v) is 16.6. The van der Waals surface area contributed by atoms with Gasteiger partial charge < -0.3 is 10.2 Å². The van der Waals surface area contributed by atoms with E-state index in [1.54, 1.807) is 0 Å². The molecule has 0 spiro atoms. The molecule has 1 N–H and O–H groups in total. The highest BCUT2D eigenvalue weighted by molar-refractivity contribution is 6.30. The minimum Gasteiger partial charge on any atom is -0.348 e. The SMILES string of the molecule is CN1CCC(NC(=O)c2nn(-c3ccc(Cl)cc3)c3c2CCCCC3)CC1. The summed E-state index contributed by atoms with van der Waals surface area (Å²) >= 11 is 6.05. The molecule has 1 aliphatic heterocycles. The molecule has 2 heterocycles. The molecule has 5 nitrogen and oxygen atoms in total. The van der Waals surface area contributed by atoms with Gasteiger partial charge in [0.05, 0.1) is 5.69 Å². The summed E-state index contributed by atoms with van der Waals surface area (Å²) in [7, 11) is 2.13. The van der Waals surface area contributed by atoms with Crippen LogP contribution in [0.2, 0.25) is 5.02 Å². The van der Waals surface area contributed by atoms with E-state index >= 15 is 0 Å². The van der Waals surface area contributed by atoms with Crippen LogP contribution >= 0.6 is 11.6 Å². The van der Waals surface area contributed by atoms with E-state index in [1.807, 2.05) is 28.9 Å². The second-order valence-corrected chi connectivity index (χ2v) is 8.21. The van der Waals surface area contributed by atoms with E-state index < -0.39 is 0 Å². The molecule has 1 aromatic heterocycles. The minimum absolute atomic E-state index is 0.0181. The van der Waals surface area contributed by atoms with Crippen LogP contribution in [0.15, 0.2) is 24.3 Å². The van der Waals surface area contributed by atoms with Crippen molar-refractivity contribution in [2.75, 3.05) is 20.1 Å². The van der Waals surface area contributed by atoms with Crippen molar-refractivity contribution < 1.29 is 4.79 Å². The first kappa shape index (κ1) is 18.5. The van der Waals surface area contributed by atoms with Crippen LogP contribution in [0.5, 0.6) is 0 Å². The van der Waals surface area contributed by atoms with E-state index in [4.69, 9.17) is 16.7 Å². The summed E-state index contributed by atoms with van der Waals surface area (Å²) in [5, 5.41) is 8.71. The third kappa shape index (κ3) is 4.04. The fraction of sp³-hybridized carbons (Fsp3) is 0.524. The maximum Gasteiger partial charge on any atom is 0.272 e. The predicted molar refractivity (Wildman–Crippen MR) is 108 cm³/mol. The summed E-state index contributed by atoms with van der Waals surface area (Å²) in [6.07, 6.45) is 7.36. The van der Waals surface area contributed by atoms with Gasteiger partial charge in [-0.25, -0.2) is 4.68 Å². The normalized spacial score (nSPS) is 18.7. The van der Waals surface area contributed by atoms with Crippen LogP contribution in [0.4, 0.5) is 0 Å². The molecule has 1 aliphatic carbocycles. The highest BCUT2D eigenvalue weighted by Crippen LogP contribution is 2.27. The Morgan fingerprint density at radius 1 is 1.11 bits per heavy atom. The van der Waals surface area contributed by atoms with Crippen LogP contribution in [0.25, 0.3) is 5.69 Å². The van der Waals surface area contributed by atoms with Gasteiger partial charge in [0, 0.05) is 22.3 Å². The third-order valence-corrected chi connectivity index (χ3v) is 6.02. The van der Waals surface area contributed by atoms with Crippen molar-refractivity contribution in [3.8, 4) is 5.69 Å². The highest BCUT2D eigenvalue weighted by atomic mass is 35.5. The van der Waals surface area contributed by atoms with Gasteiger partial charge in [-0.3, -0.25) is 4.79 Å². The maximum absolute atomic E-state index is 13.1. The molecule has 27 heavy (non-hydrogen) atoms. The number of carbonyl (C=O) groups excluding carboxylic acids is 1. The topological polar surface area (TPSA) is 50.2 Å². The molecule has 0 bridgehead atoms. The molecule has 0 radical (unpaired) electrons. The van der Waals surface area contributed by atoms with E-state index in [-0.39, 0.29) is 11.9 Å². The summed E-state index contributed by atoms with van der Waals surface area (Å²) in [5.74, 6) is -0.0181. The number of hydrogen-bond donors (Lipinski definition) is 1. The maximum atomic E-state index is 13.1. The zero-order valence-electron chi connectivity index (χ0n) is 15.9. The minimum atomic E-state index is -0.0181. The molecule has 2 aromatic rings. The Kier molecular flexibility index (Phi) is 5.50. The number of rotatable bonds is 3. The lowest BCUT2D eigenvalue weighted by atomic mass is 10.0. The first-order chi connectivity index (χ1) is 13.1. The number of likely N-dealkylation sites (tertiary alicyclic amines) is 1. The van der Waals surface area contributed by atoms with Crippen molar-refractivity contribution in [3.63, 3.8) is 0 Å². The molecule has 1 fully saturated rings. The number of nitrogens with one attached hydrogen (secondary N) is 1. The van der Waals surface area contributed by atoms with Crippen molar-refractivity contribution >= 4 is 17.5 Å². The van der Waals surface area contributed by atoms with Gasteiger partial charge in [-0.1, -0.05) is 18.0 Å². The van der Waals surface area contributed by atoms with Crippen molar-refractivity contribution in [1.82, 2.24) is 20.0 Å². The molecule has 0 unspecified atom stereocenters. The van der Waals surface area contributed by atoms with Gasteiger partial charge in [0.2, 0.25) is 0 Å². The van der Waals surface area contributed by atoms with Crippen LogP contribution in [0, 0.1) is 0 Å². The number of aromatic nitrogens is 2. The number of halogens is 1. The molecule has 6 heteroatoms. The summed E-state index contributed by atoms with van der Waals surface area (Å²) < 4.78 is 1.96. The average Bonchev–Trinajstić information content (AvgIpc) is 2.86.